The molecular weight excluding hydrogens is 108 g/mol. The normalized spacial score (nSPS) is 11.4. The third-order valence-electron chi connectivity index (χ3n) is 1.33. The predicted octanol–water partition coefficient (Wildman–Crippen LogP) is 2.02. The Morgan fingerprint density at radius 2 is 2.33 bits per heavy atom. The van der Waals surface area contributed by atoms with Crippen LogP contribution in [0.15, 0.2) is 0 Å². The summed E-state index contributed by atoms with van der Waals surface area (Å²) in [5.74, 6) is 5.26. The van der Waals surface area contributed by atoms with Gasteiger partial charge in [-0.3, -0.25) is 0 Å². The molecule has 0 aliphatic rings. The van der Waals surface area contributed by atoms with Gasteiger partial charge in [-0.2, -0.15) is 0 Å². The first kappa shape index (κ1) is 8.12. The summed E-state index contributed by atoms with van der Waals surface area (Å²) >= 11 is 0. The Kier molecular flexibility index (Phi) is 4.75. The highest BCUT2D eigenvalue weighted by Gasteiger charge is 1.98. The molecule has 0 N–H and O–H groups in total. The zero-order valence-corrected chi connectivity index (χ0v) is 5.78. The average molecular weight is 119 g/mol. The summed E-state index contributed by atoms with van der Waals surface area (Å²) in [5.41, 5.74) is 0. The monoisotopic (exact) mass is 119 g/mol. The van der Waals surface area contributed by atoms with Crippen LogP contribution < -0.4 is 0 Å². The molecule has 9 heavy (non-hydrogen) atoms. The van der Waals surface area contributed by atoms with Gasteiger partial charge in [-0.1, -0.05) is 12.8 Å². The molecule has 0 fully saturated rings. The Balaban J connectivity index is 3.37. The van der Waals surface area contributed by atoms with E-state index in [1.54, 1.807) is 0 Å². The van der Waals surface area contributed by atoms with E-state index in [0.717, 1.165) is 19.3 Å². The van der Waals surface area contributed by atoms with E-state index in [1.807, 2.05) is 6.92 Å². The molecule has 0 aromatic rings. The summed E-state index contributed by atoms with van der Waals surface area (Å²) in [6.07, 6.45) is 14.5. The van der Waals surface area contributed by atoms with E-state index in [4.69, 9.17) is 12.8 Å². The van der Waals surface area contributed by atoms with E-state index in [2.05, 4.69) is 11.8 Å². The average Bonchev–Trinajstić information content (AvgIpc) is 1.91. The van der Waals surface area contributed by atoms with Gasteiger partial charge in [-0.15, -0.1) is 12.3 Å². The van der Waals surface area contributed by atoms with Crippen molar-refractivity contribution in [3.05, 3.63) is 6.42 Å². The van der Waals surface area contributed by atoms with Crippen molar-refractivity contribution in [3.8, 4) is 18.3 Å². The molecule has 0 heteroatoms. The van der Waals surface area contributed by atoms with Gasteiger partial charge < -0.3 is 0 Å². The Morgan fingerprint density at radius 1 is 1.67 bits per heavy atom. The van der Waals surface area contributed by atoms with E-state index in [9.17, 15) is 0 Å². The van der Waals surface area contributed by atoms with Gasteiger partial charge in [0.15, 0.2) is 0 Å². The summed E-state index contributed by atoms with van der Waals surface area (Å²) in [6.45, 7) is 2.04. The van der Waals surface area contributed by atoms with Crippen LogP contribution in [0, 0.1) is 30.6 Å². The van der Waals surface area contributed by atoms with Crippen molar-refractivity contribution in [1.29, 1.82) is 0 Å². The Bertz CT molecular complexity index is 131. The molecule has 0 amide bonds. The van der Waals surface area contributed by atoms with Gasteiger partial charge in [-0.05, 0) is 19.3 Å². The molecule has 0 saturated carbocycles. The summed E-state index contributed by atoms with van der Waals surface area (Å²) in [4.78, 5) is 0. The zero-order valence-electron chi connectivity index (χ0n) is 5.78. The molecule has 0 bridgehead atoms. The Hall–Kier alpha value is -0.880. The van der Waals surface area contributed by atoms with Crippen molar-refractivity contribution < 1.29 is 0 Å². The first-order chi connectivity index (χ1) is 4.35. The van der Waals surface area contributed by atoms with E-state index in [0.29, 0.717) is 0 Å². The summed E-state index contributed by atoms with van der Waals surface area (Å²) < 4.78 is 0. The van der Waals surface area contributed by atoms with Gasteiger partial charge in [0.25, 0.3) is 0 Å². The third-order valence-corrected chi connectivity index (χ3v) is 1.33. The largest absolute Gasteiger partial charge is 0.120 e. The van der Waals surface area contributed by atoms with Crippen LogP contribution in [0.4, 0.5) is 0 Å². The lowest BCUT2D eigenvalue weighted by molar-refractivity contribution is 0.603. The quantitative estimate of drug-likeness (QED) is 0.498. The molecule has 0 aromatic heterocycles. The smallest absolute Gasteiger partial charge is 0.0219 e. The van der Waals surface area contributed by atoms with Gasteiger partial charge >= 0.3 is 0 Å². The van der Waals surface area contributed by atoms with E-state index >= 15 is 0 Å². The lowest BCUT2D eigenvalue weighted by atomic mass is 10.0. The van der Waals surface area contributed by atoms with Gasteiger partial charge in [0.2, 0.25) is 0 Å². The molecule has 0 aliphatic carbocycles. The van der Waals surface area contributed by atoms with E-state index in [-0.39, 0.29) is 5.92 Å². The van der Waals surface area contributed by atoms with Crippen LogP contribution in [-0.2, 0) is 0 Å². The minimum absolute atomic E-state index is 0.279. The Labute approximate surface area is 57.7 Å². The summed E-state index contributed by atoms with van der Waals surface area (Å²) in [7, 11) is 0. The van der Waals surface area contributed by atoms with Crippen LogP contribution in [0.1, 0.15) is 26.2 Å². The zero-order chi connectivity index (χ0) is 7.11. The lowest BCUT2D eigenvalue weighted by Gasteiger charge is -2.01. The first-order valence-corrected chi connectivity index (χ1v) is 3.20. The van der Waals surface area contributed by atoms with Gasteiger partial charge in [0.1, 0.15) is 0 Å². The van der Waals surface area contributed by atoms with Crippen LogP contribution in [0.25, 0.3) is 0 Å². The van der Waals surface area contributed by atoms with Crippen molar-refractivity contribution in [2.24, 2.45) is 5.92 Å². The van der Waals surface area contributed by atoms with Crippen LogP contribution in [0.5, 0.6) is 0 Å². The minimum atomic E-state index is 0.279. The highest BCUT2D eigenvalue weighted by atomic mass is 14.0. The SMILES string of the molecule is [C]#CC(CC)CCC#C. The molecule has 0 nitrogen and oxygen atoms in total. The maximum Gasteiger partial charge on any atom is 0.0219 e. The number of hydrogen-bond donors (Lipinski definition) is 0. The van der Waals surface area contributed by atoms with Crippen molar-refractivity contribution in [2.45, 2.75) is 26.2 Å². The molecule has 1 unspecified atom stereocenters. The van der Waals surface area contributed by atoms with Crippen LogP contribution in [-0.4, -0.2) is 0 Å². The van der Waals surface area contributed by atoms with Crippen LogP contribution >= 0.6 is 0 Å². The van der Waals surface area contributed by atoms with Gasteiger partial charge in [0, 0.05) is 12.3 Å². The molecule has 0 aromatic carbocycles. The summed E-state index contributed by atoms with van der Waals surface area (Å²) in [5, 5.41) is 0. The lowest BCUT2D eigenvalue weighted by Crippen LogP contribution is -1.92. The second-order valence-electron chi connectivity index (χ2n) is 1.99. The molecule has 0 spiro atoms. The van der Waals surface area contributed by atoms with Gasteiger partial charge in [0.05, 0.1) is 0 Å². The van der Waals surface area contributed by atoms with Crippen LogP contribution in [0.3, 0.4) is 0 Å². The third kappa shape index (κ3) is 3.68. The maximum absolute atomic E-state index is 6.82. The fourth-order valence-electron chi connectivity index (χ4n) is 0.636. The highest BCUT2D eigenvalue weighted by molar-refractivity contribution is 4.91. The second kappa shape index (κ2) is 5.26. The molecular formula is C9H11. The topological polar surface area (TPSA) is 0 Å². The number of terminal acetylenes is 1. The molecule has 1 atom stereocenters. The maximum atomic E-state index is 6.82. The van der Waals surface area contributed by atoms with Crippen molar-refractivity contribution in [3.63, 3.8) is 0 Å². The molecule has 0 rings (SSSR count). The number of rotatable bonds is 3. The number of hydrogen-bond acceptors (Lipinski definition) is 0. The fraction of sp³-hybridized carbons (Fsp3) is 0.556. The van der Waals surface area contributed by atoms with Crippen molar-refractivity contribution in [2.75, 3.05) is 0 Å². The second-order valence-corrected chi connectivity index (χ2v) is 1.99. The molecule has 47 valence electrons. The molecule has 0 heterocycles. The Morgan fingerprint density at radius 3 is 2.67 bits per heavy atom. The van der Waals surface area contributed by atoms with Gasteiger partial charge in [-0.25, -0.2) is 0 Å². The van der Waals surface area contributed by atoms with Crippen molar-refractivity contribution in [1.82, 2.24) is 0 Å². The fourth-order valence-corrected chi connectivity index (χ4v) is 0.636. The summed E-state index contributed by atoms with van der Waals surface area (Å²) in [6, 6.07) is 0. The molecule has 0 aliphatic heterocycles. The highest BCUT2D eigenvalue weighted by Crippen LogP contribution is 2.07. The van der Waals surface area contributed by atoms with Crippen molar-refractivity contribution >= 4 is 0 Å². The predicted molar refractivity (Wildman–Crippen MR) is 39.0 cm³/mol. The molecule has 1 radical (unpaired) electrons. The standard InChI is InChI=1S/C9H11/c1-4-7-8-9(5-2)6-3/h1,9H,5,7-8H2,2H3. The van der Waals surface area contributed by atoms with E-state index < -0.39 is 0 Å². The minimum Gasteiger partial charge on any atom is -0.120 e. The first-order valence-electron chi connectivity index (χ1n) is 3.20. The molecule has 0 saturated heterocycles. The van der Waals surface area contributed by atoms with Crippen LogP contribution in [0.2, 0.25) is 0 Å². The van der Waals surface area contributed by atoms with E-state index in [1.165, 1.54) is 0 Å².